The third-order valence-corrected chi connectivity index (χ3v) is 2.08. The predicted molar refractivity (Wildman–Crippen MR) is 53.0 cm³/mol. The van der Waals surface area contributed by atoms with Gasteiger partial charge in [0.15, 0.2) is 11.5 Å². The van der Waals surface area contributed by atoms with E-state index in [2.05, 4.69) is 4.98 Å². The topological polar surface area (TPSA) is 35.8 Å². The zero-order chi connectivity index (χ0) is 10.1. The van der Waals surface area contributed by atoms with Crippen LogP contribution in [0.15, 0.2) is 18.5 Å². The molecule has 0 aliphatic rings. The Hall–Kier alpha value is -1.71. The first kappa shape index (κ1) is 8.87. The van der Waals surface area contributed by atoms with E-state index in [9.17, 15) is 0 Å². The fourth-order valence-corrected chi connectivity index (χ4v) is 1.44. The fourth-order valence-electron chi connectivity index (χ4n) is 1.44. The maximum atomic E-state index is 5.18. The molecule has 2 heterocycles. The molecule has 0 amide bonds. The minimum Gasteiger partial charge on any atom is -0.493 e. The highest BCUT2D eigenvalue weighted by Gasteiger charge is 2.06. The van der Waals surface area contributed by atoms with Crippen LogP contribution in [0.25, 0.3) is 5.65 Å². The smallest absolute Gasteiger partial charge is 0.177 e. The summed E-state index contributed by atoms with van der Waals surface area (Å²) in [5, 5.41) is 0. The SMILES string of the molecule is COc1cc2nc(C)cn2cc1OC. The summed E-state index contributed by atoms with van der Waals surface area (Å²) in [6.45, 7) is 1.95. The molecule has 0 saturated heterocycles. The van der Waals surface area contributed by atoms with Gasteiger partial charge in [-0.15, -0.1) is 0 Å². The lowest BCUT2D eigenvalue weighted by Gasteiger charge is -2.07. The largest absolute Gasteiger partial charge is 0.493 e. The Kier molecular flexibility index (Phi) is 2.04. The van der Waals surface area contributed by atoms with E-state index in [4.69, 9.17) is 9.47 Å². The van der Waals surface area contributed by atoms with Gasteiger partial charge in [0, 0.05) is 12.3 Å². The van der Waals surface area contributed by atoms with Gasteiger partial charge in [-0.05, 0) is 6.92 Å². The van der Waals surface area contributed by atoms with Crippen LogP contribution in [0, 0.1) is 6.92 Å². The van der Waals surface area contributed by atoms with Crippen molar-refractivity contribution in [2.24, 2.45) is 0 Å². The summed E-state index contributed by atoms with van der Waals surface area (Å²) in [6.07, 6.45) is 3.80. The van der Waals surface area contributed by atoms with Crippen molar-refractivity contribution in [3.63, 3.8) is 0 Å². The summed E-state index contributed by atoms with van der Waals surface area (Å²) in [4.78, 5) is 4.32. The van der Waals surface area contributed by atoms with Gasteiger partial charge in [-0.3, -0.25) is 0 Å². The number of ether oxygens (including phenoxy) is 2. The van der Waals surface area contributed by atoms with Crippen LogP contribution in [0.5, 0.6) is 11.5 Å². The minimum absolute atomic E-state index is 0.700. The van der Waals surface area contributed by atoms with Crippen LogP contribution in [0.1, 0.15) is 5.69 Å². The molecular weight excluding hydrogens is 180 g/mol. The van der Waals surface area contributed by atoms with Crippen LogP contribution in [-0.4, -0.2) is 23.6 Å². The highest BCUT2D eigenvalue weighted by molar-refractivity contribution is 5.52. The summed E-state index contributed by atoms with van der Waals surface area (Å²) in [7, 11) is 3.23. The van der Waals surface area contributed by atoms with Crippen molar-refractivity contribution in [2.75, 3.05) is 14.2 Å². The highest BCUT2D eigenvalue weighted by atomic mass is 16.5. The van der Waals surface area contributed by atoms with Crippen molar-refractivity contribution in [3.8, 4) is 11.5 Å². The van der Waals surface area contributed by atoms with E-state index < -0.39 is 0 Å². The Labute approximate surface area is 82.1 Å². The number of imidazole rings is 1. The van der Waals surface area contributed by atoms with Crippen LogP contribution >= 0.6 is 0 Å². The second-order valence-corrected chi connectivity index (χ2v) is 3.06. The molecule has 4 nitrogen and oxygen atoms in total. The lowest BCUT2D eigenvalue weighted by atomic mass is 10.4. The average Bonchev–Trinajstić information content (AvgIpc) is 2.54. The Balaban J connectivity index is 2.68. The first-order valence-corrected chi connectivity index (χ1v) is 4.32. The molecule has 0 atom stereocenters. The summed E-state index contributed by atoms with van der Waals surface area (Å²) in [6, 6.07) is 1.85. The minimum atomic E-state index is 0.700. The molecule has 2 aromatic rings. The van der Waals surface area contributed by atoms with Crippen molar-refractivity contribution >= 4 is 5.65 Å². The number of rotatable bonds is 2. The van der Waals surface area contributed by atoms with Gasteiger partial charge in [-0.25, -0.2) is 4.98 Å². The number of hydrogen-bond acceptors (Lipinski definition) is 3. The first-order chi connectivity index (χ1) is 6.74. The molecule has 2 aromatic heterocycles. The molecule has 0 unspecified atom stereocenters. The van der Waals surface area contributed by atoms with E-state index in [0.717, 1.165) is 11.3 Å². The molecule has 0 radical (unpaired) electrons. The van der Waals surface area contributed by atoms with E-state index in [0.29, 0.717) is 11.5 Å². The van der Waals surface area contributed by atoms with E-state index in [-0.39, 0.29) is 0 Å². The van der Waals surface area contributed by atoms with Crippen molar-refractivity contribution in [1.29, 1.82) is 0 Å². The maximum absolute atomic E-state index is 5.18. The highest BCUT2D eigenvalue weighted by Crippen LogP contribution is 2.27. The van der Waals surface area contributed by atoms with Gasteiger partial charge in [0.1, 0.15) is 5.65 Å². The van der Waals surface area contributed by atoms with Gasteiger partial charge in [-0.2, -0.15) is 0 Å². The number of pyridine rings is 1. The molecule has 0 spiro atoms. The number of methoxy groups -OCH3 is 2. The average molecular weight is 192 g/mol. The second kappa shape index (κ2) is 3.21. The first-order valence-electron chi connectivity index (χ1n) is 4.32. The third-order valence-electron chi connectivity index (χ3n) is 2.08. The standard InChI is InChI=1S/C10H12N2O2/c1-7-5-12-6-9(14-3)8(13-2)4-10(12)11-7/h4-6H,1-3H3. The molecule has 0 N–H and O–H groups in total. The van der Waals surface area contributed by atoms with Crippen molar-refractivity contribution in [2.45, 2.75) is 6.92 Å². The van der Waals surface area contributed by atoms with E-state index in [1.807, 2.05) is 29.8 Å². The maximum Gasteiger partial charge on any atom is 0.177 e. The van der Waals surface area contributed by atoms with E-state index in [1.54, 1.807) is 14.2 Å². The van der Waals surface area contributed by atoms with Gasteiger partial charge in [-0.1, -0.05) is 0 Å². The zero-order valence-corrected chi connectivity index (χ0v) is 8.44. The summed E-state index contributed by atoms with van der Waals surface area (Å²) in [5.41, 5.74) is 1.83. The van der Waals surface area contributed by atoms with Crippen LogP contribution in [0.4, 0.5) is 0 Å². The molecule has 0 aliphatic heterocycles. The van der Waals surface area contributed by atoms with Crippen LogP contribution in [0.2, 0.25) is 0 Å². The number of nitrogens with zero attached hydrogens (tertiary/aromatic N) is 2. The molecule has 2 rings (SSSR count). The number of aryl methyl sites for hydroxylation is 1. The van der Waals surface area contributed by atoms with E-state index in [1.165, 1.54) is 0 Å². The van der Waals surface area contributed by atoms with E-state index >= 15 is 0 Å². The molecule has 0 aromatic carbocycles. The number of aromatic nitrogens is 2. The van der Waals surface area contributed by atoms with Crippen molar-refractivity contribution < 1.29 is 9.47 Å². The molecule has 0 saturated carbocycles. The van der Waals surface area contributed by atoms with Crippen LogP contribution in [0.3, 0.4) is 0 Å². The third kappa shape index (κ3) is 1.28. The number of fused-ring (bicyclic) bond motifs is 1. The monoisotopic (exact) mass is 192 g/mol. The van der Waals surface area contributed by atoms with Crippen LogP contribution < -0.4 is 9.47 Å². The predicted octanol–water partition coefficient (Wildman–Crippen LogP) is 1.66. The Morgan fingerprint density at radius 1 is 1.14 bits per heavy atom. The van der Waals surface area contributed by atoms with Gasteiger partial charge < -0.3 is 13.9 Å². The molecule has 74 valence electrons. The second-order valence-electron chi connectivity index (χ2n) is 3.06. The molecule has 14 heavy (non-hydrogen) atoms. The van der Waals surface area contributed by atoms with Crippen molar-refractivity contribution in [1.82, 2.24) is 9.38 Å². The quantitative estimate of drug-likeness (QED) is 0.726. The molecule has 0 fully saturated rings. The summed E-state index contributed by atoms with van der Waals surface area (Å²) in [5.74, 6) is 1.41. The van der Waals surface area contributed by atoms with Crippen molar-refractivity contribution in [3.05, 3.63) is 24.2 Å². The number of hydrogen-bond donors (Lipinski definition) is 0. The van der Waals surface area contributed by atoms with Gasteiger partial charge >= 0.3 is 0 Å². The lowest BCUT2D eigenvalue weighted by molar-refractivity contribution is 0.353. The molecule has 0 bridgehead atoms. The Bertz CT molecular complexity index is 421. The Morgan fingerprint density at radius 2 is 1.86 bits per heavy atom. The summed E-state index contributed by atoms with van der Waals surface area (Å²) >= 11 is 0. The fraction of sp³-hybridized carbons (Fsp3) is 0.300. The van der Waals surface area contributed by atoms with Crippen LogP contribution in [-0.2, 0) is 0 Å². The van der Waals surface area contributed by atoms with Gasteiger partial charge in [0.25, 0.3) is 0 Å². The zero-order valence-electron chi connectivity index (χ0n) is 8.44. The molecular formula is C10H12N2O2. The summed E-state index contributed by atoms with van der Waals surface area (Å²) < 4.78 is 12.3. The van der Waals surface area contributed by atoms with Gasteiger partial charge in [0.05, 0.1) is 26.1 Å². The molecule has 0 aliphatic carbocycles. The van der Waals surface area contributed by atoms with Gasteiger partial charge in [0.2, 0.25) is 0 Å². The molecule has 4 heteroatoms. The lowest BCUT2D eigenvalue weighted by Crippen LogP contribution is -1.93. The normalized spacial score (nSPS) is 10.5. The Morgan fingerprint density at radius 3 is 2.50 bits per heavy atom.